The third-order valence-electron chi connectivity index (χ3n) is 3.61. The Balaban J connectivity index is 1.72. The minimum absolute atomic E-state index is 0.327. The van der Waals surface area contributed by atoms with E-state index in [1.807, 2.05) is 0 Å². The monoisotopic (exact) mass is 298 g/mol. The van der Waals surface area contributed by atoms with Gasteiger partial charge in [0, 0.05) is 19.1 Å². The van der Waals surface area contributed by atoms with E-state index >= 15 is 0 Å². The molecule has 0 unspecified atom stereocenters. The Kier molecular flexibility index (Phi) is 6.33. The van der Waals surface area contributed by atoms with Crippen molar-refractivity contribution in [1.29, 1.82) is 0 Å². The molecule has 2 rings (SSSR count). The molecule has 0 atom stereocenters. The summed E-state index contributed by atoms with van der Waals surface area (Å²) in [4.78, 5) is 8.13. The Morgan fingerprint density at radius 1 is 1.25 bits per heavy atom. The van der Waals surface area contributed by atoms with E-state index in [-0.39, 0.29) is 0 Å². The van der Waals surface area contributed by atoms with Gasteiger partial charge in [0.1, 0.15) is 5.02 Å². The van der Waals surface area contributed by atoms with Gasteiger partial charge < -0.3 is 15.4 Å². The zero-order valence-electron chi connectivity index (χ0n) is 12.0. The fourth-order valence-corrected chi connectivity index (χ4v) is 2.67. The minimum atomic E-state index is 0.327. The first-order chi connectivity index (χ1) is 9.79. The average Bonchev–Trinajstić information content (AvgIpc) is 2.74. The molecule has 0 aromatic carbocycles. The summed E-state index contributed by atoms with van der Waals surface area (Å²) in [5.74, 6) is 0.626. The quantitative estimate of drug-likeness (QED) is 0.625. The molecule has 0 amide bonds. The van der Waals surface area contributed by atoms with Gasteiger partial charge in [-0.05, 0) is 12.8 Å². The first-order valence-corrected chi connectivity index (χ1v) is 7.71. The second-order valence-electron chi connectivity index (χ2n) is 5.12. The van der Waals surface area contributed by atoms with Crippen LogP contribution in [0.2, 0.25) is 5.02 Å². The van der Waals surface area contributed by atoms with E-state index in [2.05, 4.69) is 20.6 Å². The van der Waals surface area contributed by atoms with E-state index in [0.29, 0.717) is 22.9 Å². The Hall–Kier alpha value is -1.07. The second-order valence-corrected chi connectivity index (χ2v) is 5.53. The SMILES string of the molecule is COc1ncc(Cl)c(NCCNC2CCCCCC2)n1. The lowest BCUT2D eigenvalue weighted by Gasteiger charge is -2.16. The molecule has 1 aliphatic carbocycles. The standard InChI is InChI=1S/C14H23ClN4O/c1-20-14-18-10-12(15)13(19-14)17-9-8-16-11-6-4-2-3-5-7-11/h10-11,16H,2-9H2,1H3,(H,17,18,19). The molecule has 1 aliphatic rings. The lowest BCUT2D eigenvalue weighted by atomic mass is 10.1. The van der Waals surface area contributed by atoms with Crippen LogP contribution in [-0.2, 0) is 0 Å². The fraction of sp³-hybridized carbons (Fsp3) is 0.714. The Bertz CT molecular complexity index is 408. The van der Waals surface area contributed by atoms with Crippen LogP contribution in [-0.4, -0.2) is 36.2 Å². The van der Waals surface area contributed by atoms with Gasteiger partial charge in [-0.15, -0.1) is 0 Å². The molecule has 2 N–H and O–H groups in total. The molecule has 5 nitrogen and oxygen atoms in total. The zero-order chi connectivity index (χ0) is 14.2. The molecule has 0 radical (unpaired) electrons. The van der Waals surface area contributed by atoms with Crippen LogP contribution in [0.3, 0.4) is 0 Å². The third-order valence-corrected chi connectivity index (χ3v) is 3.89. The highest BCUT2D eigenvalue weighted by Gasteiger charge is 2.11. The van der Waals surface area contributed by atoms with Crippen molar-refractivity contribution >= 4 is 17.4 Å². The van der Waals surface area contributed by atoms with Crippen molar-refractivity contribution in [2.75, 3.05) is 25.5 Å². The van der Waals surface area contributed by atoms with Gasteiger partial charge in [-0.1, -0.05) is 37.3 Å². The van der Waals surface area contributed by atoms with E-state index in [1.54, 1.807) is 13.3 Å². The van der Waals surface area contributed by atoms with Crippen molar-refractivity contribution < 1.29 is 4.74 Å². The van der Waals surface area contributed by atoms with Gasteiger partial charge in [0.15, 0.2) is 5.82 Å². The maximum Gasteiger partial charge on any atom is 0.318 e. The van der Waals surface area contributed by atoms with Crippen molar-refractivity contribution in [3.05, 3.63) is 11.2 Å². The van der Waals surface area contributed by atoms with Gasteiger partial charge in [-0.3, -0.25) is 0 Å². The maximum atomic E-state index is 6.04. The molecular weight excluding hydrogens is 276 g/mol. The summed E-state index contributed by atoms with van der Waals surface area (Å²) in [6.45, 7) is 1.70. The number of anilines is 1. The van der Waals surface area contributed by atoms with Crippen LogP contribution in [0.25, 0.3) is 0 Å². The Morgan fingerprint density at radius 3 is 2.70 bits per heavy atom. The number of halogens is 1. The van der Waals surface area contributed by atoms with E-state index in [9.17, 15) is 0 Å². The number of ether oxygens (including phenoxy) is 1. The summed E-state index contributed by atoms with van der Waals surface area (Å²) in [6, 6.07) is 0.989. The summed E-state index contributed by atoms with van der Waals surface area (Å²) in [6.07, 6.45) is 9.60. The van der Waals surface area contributed by atoms with Crippen molar-refractivity contribution in [3.63, 3.8) is 0 Å². The molecule has 0 bridgehead atoms. The number of hydrogen-bond donors (Lipinski definition) is 2. The second kappa shape index (κ2) is 8.27. The van der Waals surface area contributed by atoms with E-state index in [4.69, 9.17) is 16.3 Å². The van der Waals surface area contributed by atoms with Gasteiger partial charge in [-0.2, -0.15) is 4.98 Å². The van der Waals surface area contributed by atoms with Crippen molar-refractivity contribution in [3.8, 4) is 6.01 Å². The van der Waals surface area contributed by atoms with Gasteiger partial charge in [0.2, 0.25) is 0 Å². The molecule has 1 aromatic rings. The maximum absolute atomic E-state index is 6.04. The molecule has 0 spiro atoms. The van der Waals surface area contributed by atoms with Crippen LogP contribution >= 0.6 is 11.6 Å². The highest BCUT2D eigenvalue weighted by atomic mass is 35.5. The molecule has 20 heavy (non-hydrogen) atoms. The summed E-state index contributed by atoms with van der Waals surface area (Å²) < 4.78 is 4.99. The van der Waals surface area contributed by atoms with Crippen LogP contribution in [0, 0.1) is 0 Å². The summed E-state index contributed by atoms with van der Waals surface area (Å²) in [5.41, 5.74) is 0. The topological polar surface area (TPSA) is 59.1 Å². The summed E-state index contributed by atoms with van der Waals surface area (Å²) in [7, 11) is 1.54. The predicted molar refractivity (Wildman–Crippen MR) is 81.6 cm³/mol. The van der Waals surface area contributed by atoms with Crippen molar-refractivity contribution in [2.45, 2.75) is 44.6 Å². The van der Waals surface area contributed by atoms with Crippen LogP contribution in [0.15, 0.2) is 6.20 Å². The lowest BCUT2D eigenvalue weighted by Crippen LogP contribution is -2.32. The minimum Gasteiger partial charge on any atom is -0.467 e. The highest BCUT2D eigenvalue weighted by molar-refractivity contribution is 6.32. The smallest absolute Gasteiger partial charge is 0.318 e. The number of aromatic nitrogens is 2. The average molecular weight is 299 g/mol. The molecule has 1 aromatic heterocycles. The highest BCUT2D eigenvalue weighted by Crippen LogP contribution is 2.20. The fourth-order valence-electron chi connectivity index (χ4n) is 2.51. The molecule has 0 aliphatic heterocycles. The third kappa shape index (κ3) is 4.80. The molecular formula is C14H23ClN4O. The number of hydrogen-bond acceptors (Lipinski definition) is 5. The molecule has 112 valence electrons. The first-order valence-electron chi connectivity index (χ1n) is 7.33. The summed E-state index contributed by atoms with van der Waals surface area (Å²) in [5, 5.41) is 7.33. The normalized spacial score (nSPS) is 16.7. The van der Waals surface area contributed by atoms with Gasteiger partial charge in [0.25, 0.3) is 0 Å². The van der Waals surface area contributed by atoms with Crippen LogP contribution < -0.4 is 15.4 Å². The van der Waals surface area contributed by atoms with Crippen LogP contribution in [0.4, 0.5) is 5.82 Å². The van der Waals surface area contributed by atoms with Gasteiger partial charge >= 0.3 is 6.01 Å². The number of nitrogens with one attached hydrogen (secondary N) is 2. The van der Waals surface area contributed by atoms with Crippen LogP contribution in [0.1, 0.15) is 38.5 Å². The molecule has 1 fully saturated rings. The van der Waals surface area contributed by atoms with Crippen molar-refractivity contribution in [2.24, 2.45) is 0 Å². The number of methoxy groups -OCH3 is 1. The van der Waals surface area contributed by atoms with Gasteiger partial charge in [0.05, 0.1) is 13.3 Å². The largest absolute Gasteiger partial charge is 0.467 e. The molecule has 6 heteroatoms. The summed E-state index contributed by atoms with van der Waals surface area (Å²) >= 11 is 6.04. The van der Waals surface area contributed by atoms with Gasteiger partial charge in [-0.25, -0.2) is 4.98 Å². The molecule has 1 heterocycles. The zero-order valence-corrected chi connectivity index (χ0v) is 12.7. The lowest BCUT2D eigenvalue weighted by molar-refractivity contribution is 0.380. The van der Waals surface area contributed by atoms with Crippen molar-refractivity contribution in [1.82, 2.24) is 15.3 Å². The predicted octanol–water partition coefficient (Wildman–Crippen LogP) is 2.86. The number of rotatable bonds is 6. The van der Waals surface area contributed by atoms with Crippen LogP contribution in [0.5, 0.6) is 6.01 Å². The molecule has 0 saturated heterocycles. The Morgan fingerprint density at radius 2 is 2.00 bits per heavy atom. The number of nitrogens with zero attached hydrogens (tertiary/aromatic N) is 2. The van der Waals surface area contributed by atoms with E-state index in [1.165, 1.54) is 38.5 Å². The van der Waals surface area contributed by atoms with E-state index < -0.39 is 0 Å². The first kappa shape index (κ1) is 15.3. The molecule has 1 saturated carbocycles. The Labute approximate surface area is 125 Å². The van der Waals surface area contributed by atoms with E-state index in [0.717, 1.165) is 13.1 Å².